The standard InChI is InChI=1S/C27H29NO7S/c1-18-8-11-20(12-9-18)28-27(31)35-26(19-10-13-23(32-2)22(29)16-19)24(14-15-33-25(30)17-36)34-21-6-4-3-5-7-21/h3-13,16,24,26,29,36H,14-15,17H2,1-2H3,(H,28,31)/t24-,26-/m1/s1. The molecule has 36 heavy (non-hydrogen) atoms. The van der Waals surface area contributed by atoms with Crippen molar-refractivity contribution in [2.45, 2.75) is 25.6 Å². The molecule has 3 aromatic rings. The highest BCUT2D eigenvalue weighted by Crippen LogP contribution is 2.34. The van der Waals surface area contributed by atoms with Crippen LogP contribution in [0.15, 0.2) is 72.8 Å². The van der Waals surface area contributed by atoms with Crippen molar-refractivity contribution in [3.8, 4) is 17.2 Å². The second-order valence-electron chi connectivity index (χ2n) is 7.88. The number of methoxy groups -OCH3 is 1. The Morgan fingerprint density at radius 1 is 1.03 bits per heavy atom. The number of nitrogens with one attached hydrogen (secondary N) is 1. The number of carbonyl (C=O) groups is 2. The molecule has 2 atom stereocenters. The zero-order chi connectivity index (χ0) is 25.9. The van der Waals surface area contributed by atoms with Crippen LogP contribution in [0.2, 0.25) is 0 Å². The molecule has 8 nitrogen and oxygen atoms in total. The molecule has 0 aromatic heterocycles. The van der Waals surface area contributed by atoms with Crippen LogP contribution in [0.3, 0.4) is 0 Å². The van der Waals surface area contributed by atoms with Crippen molar-refractivity contribution in [2.75, 3.05) is 24.8 Å². The zero-order valence-corrected chi connectivity index (χ0v) is 20.9. The lowest BCUT2D eigenvalue weighted by molar-refractivity contribution is -0.141. The van der Waals surface area contributed by atoms with Crippen molar-refractivity contribution < 1.29 is 33.6 Å². The van der Waals surface area contributed by atoms with Gasteiger partial charge >= 0.3 is 12.1 Å². The Hall–Kier alpha value is -3.85. The summed E-state index contributed by atoms with van der Waals surface area (Å²) in [6.07, 6.45) is -2.25. The molecule has 1 amide bonds. The molecule has 0 unspecified atom stereocenters. The van der Waals surface area contributed by atoms with E-state index in [1.807, 2.05) is 37.3 Å². The number of benzene rings is 3. The van der Waals surface area contributed by atoms with E-state index in [1.165, 1.54) is 13.2 Å². The second-order valence-corrected chi connectivity index (χ2v) is 8.20. The van der Waals surface area contributed by atoms with Gasteiger partial charge in [0.05, 0.1) is 19.5 Å². The van der Waals surface area contributed by atoms with E-state index < -0.39 is 24.3 Å². The normalized spacial score (nSPS) is 12.2. The number of amides is 1. The largest absolute Gasteiger partial charge is 0.504 e. The molecule has 0 aliphatic heterocycles. The quantitative estimate of drug-likeness (QED) is 0.237. The number of aryl methyl sites for hydroxylation is 1. The summed E-state index contributed by atoms with van der Waals surface area (Å²) in [5.74, 6) is 0.143. The number of anilines is 1. The van der Waals surface area contributed by atoms with Crippen LogP contribution in [0.4, 0.5) is 10.5 Å². The van der Waals surface area contributed by atoms with Gasteiger partial charge in [0.15, 0.2) is 17.6 Å². The number of aromatic hydroxyl groups is 1. The molecule has 0 aliphatic rings. The molecule has 2 N–H and O–H groups in total. The molecule has 0 aliphatic carbocycles. The maximum Gasteiger partial charge on any atom is 0.412 e. The van der Waals surface area contributed by atoms with Crippen LogP contribution in [0.1, 0.15) is 23.7 Å². The van der Waals surface area contributed by atoms with Gasteiger partial charge in [0.25, 0.3) is 0 Å². The average Bonchev–Trinajstić information content (AvgIpc) is 2.88. The van der Waals surface area contributed by atoms with Crippen LogP contribution >= 0.6 is 12.6 Å². The number of phenols is 1. The van der Waals surface area contributed by atoms with Gasteiger partial charge in [-0.05, 0) is 43.3 Å². The molecular weight excluding hydrogens is 482 g/mol. The fourth-order valence-electron chi connectivity index (χ4n) is 3.42. The van der Waals surface area contributed by atoms with Crippen LogP contribution < -0.4 is 14.8 Å². The summed E-state index contributed by atoms with van der Waals surface area (Å²) in [4.78, 5) is 24.5. The summed E-state index contributed by atoms with van der Waals surface area (Å²) in [5, 5.41) is 13.1. The number of hydrogen-bond donors (Lipinski definition) is 3. The van der Waals surface area contributed by atoms with Gasteiger partial charge in [0.2, 0.25) is 0 Å². The summed E-state index contributed by atoms with van der Waals surface area (Å²) in [6, 6.07) is 21.0. The number of carbonyl (C=O) groups excluding carboxylic acids is 2. The molecule has 0 saturated heterocycles. The molecule has 0 radical (unpaired) electrons. The second kappa shape index (κ2) is 13.3. The van der Waals surface area contributed by atoms with Gasteiger partial charge in [-0.2, -0.15) is 12.6 Å². The zero-order valence-electron chi connectivity index (χ0n) is 20.0. The topological polar surface area (TPSA) is 103 Å². The first kappa shape index (κ1) is 26.7. The summed E-state index contributed by atoms with van der Waals surface area (Å²) >= 11 is 3.92. The van der Waals surface area contributed by atoms with E-state index in [9.17, 15) is 14.7 Å². The molecule has 190 valence electrons. The van der Waals surface area contributed by atoms with Crippen molar-refractivity contribution in [1.29, 1.82) is 0 Å². The smallest absolute Gasteiger partial charge is 0.412 e. The predicted molar refractivity (Wildman–Crippen MR) is 139 cm³/mol. The SMILES string of the molecule is COc1ccc([C@@H](OC(=O)Nc2ccc(C)cc2)[C@@H](CCOC(=O)CS)Oc2ccccc2)cc1O. The third kappa shape index (κ3) is 7.84. The Morgan fingerprint density at radius 3 is 2.39 bits per heavy atom. The lowest BCUT2D eigenvalue weighted by atomic mass is 10.0. The summed E-state index contributed by atoms with van der Waals surface area (Å²) in [7, 11) is 1.44. The summed E-state index contributed by atoms with van der Waals surface area (Å²) in [6.45, 7) is 1.96. The molecule has 9 heteroatoms. The highest BCUT2D eigenvalue weighted by Gasteiger charge is 2.30. The van der Waals surface area contributed by atoms with Gasteiger partial charge in [-0.15, -0.1) is 0 Å². The first-order valence-electron chi connectivity index (χ1n) is 11.3. The molecule has 0 bridgehead atoms. The number of ether oxygens (including phenoxy) is 4. The van der Waals surface area contributed by atoms with Crippen molar-refractivity contribution in [3.63, 3.8) is 0 Å². The molecule has 0 fully saturated rings. The van der Waals surface area contributed by atoms with Gasteiger partial charge in [-0.25, -0.2) is 4.79 Å². The predicted octanol–water partition coefficient (Wildman–Crippen LogP) is 5.31. The van der Waals surface area contributed by atoms with Gasteiger partial charge < -0.3 is 24.1 Å². The Morgan fingerprint density at radius 2 is 1.75 bits per heavy atom. The molecular formula is C27H29NO7S. The molecule has 0 saturated carbocycles. The van der Waals surface area contributed by atoms with Gasteiger partial charge in [-0.3, -0.25) is 10.1 Å². The van der Waals surface area contributed by atoms with Crippen molar-refractivity contribution in [1.82, 2.24) is 0 Å². The van der Waals surface area contributed by atoms with E-state index >= 15 is 0 Å². The minimum atomic E-state index is -0.970. The van der Waals surface area contributed by atoms with Crippen molar-refractivity contribution in [3.05, 3.63) is 83.9 Å². The van der Waals surface area contributed by atoms with E-state index in [-0.39, 0.29) is 30.3 Å². The lowest BCUT2D eigenvalue weighted by Gasteiger charge is -2.28. The van der Waals surface area contributed by atoms with E-state index in [0.717, 1.165) is 5.56 Å². The van der Waals surface area contributed by atoms with E-state index in [4.69, 9.17) is 18.9 Å². The van der Waals surface area contributed by atoms with Crippen LogP contribution in [-0.2, 0) is 14.3 Å². The van der Waals surface area contributed by atoms with E-state index in [0.29, 0.717) is 17.0 Å². The number of para-hydroxylation sites is 1. The highest BCUT2D eigenvalue weighted by atomic mass is 32.1. The maximum absolute atomic E-state index is 12.9. The Kier molecular flexibility index (Phi) is 9.88. The number of thiol groups is 1. The van der Waals surface area contributed by atoms with Crippen LogP contribution in [-0.4, -0.2) is 42.7 Å². The van der Waals surface area contributed by atoms with Crippen LogP contribution in [0.5, 0.6) is 17.2 Å². The fourth-order valence-corrected chi connectivity index (χ4v) is 3.51. The molecule has 3 aromatic carbocycles. The Labute approximate surface area is 215 Å². The van der Waals surface area contributed by atoms with Crippen LogP contribution in [0.25, 0.3) is 0 Å². The Bertz CT molecular complexity index is 1140. The van der Waals surface area contributed by atoms with Gasteiger partial charge in [0.1, 0.15) is 11.9 Å². The highest BCUT2D eigenvalue weighted by molar-refractivity contribution is 7.81. The minimum absolute atomic E-state index is 0.0124. The summed E-state index contributed by atoms with van der Waals surface area (Å²) in [5.41, 5.74) is 2.08. The first-order valence-corrected chi connectivity index (χ1v) is 11.9. The van der Waals surface area contributed by atoms with Crippen molar-refractivity contribution >= 4 is 30.4 Å². The van der Waals surface area contributed by atoms with Crippen molar-refractivity contribution in [2.24, 2.45) is 0 Å². The third-order valence-electron chi connectivity index (χ3n) is 5.23. The molecule has 3 rings (SSSR count). The minimum Gasteiger partial charge on any atom is -0.504 e. The monoisotopic (exact) mass is 511 g/mol. The van der Waals surface area contributed by atoms with E-state index in [2.05, 4.69) is 17.9 Å². The van der Waals surface area contributed by atoms with Crippen LogP contribution in [0, 0.1) is 6.92 Å². The number of esters is 1. The number of hydrogen-bond acceptors (Lipinski definition) is 8. The lowest BCUT2D eigenvalue weighted by Crippen LogP contribution is -2.32. The first-order chi connectivity index (χ1) is 17.4. The van der Waals surface area contributed by atoms with Gasteiger partial charge in [-0.1, -0.05) is 42.0 Å². The Balaban J connectivity index is 1.90. The summed E-state index contributed by atoms with van der Waals surface area (Å²) < 4.78 is 22.4. The molecule has 0 heterocycles. The van der Waals surface area contributed by atoms with Gasteiger partial charge in [0, 0.05) is 17.7 Å². The number of phenolic OH excluding ortho intramolecular Hbond substituents is 1. The average molecular weight is 512 g/mol. The maximum atomic E-state index is 12.9. The third-order valence-corrected chi connectivity index (χ3v) is 5.48. The number of rotatable bonds is 11. The molecule has 0 spiro atoms. The fraction of sp³-hybridized carbons (Fsp3) is 0.259. The van der Waals surface area contributed by atoms with E-state index in [1.54, 1.807) is 36.4 Å².